The summed E-state index contributed by atoms with van der Waals surface area (Å²) >= 11 is 0. The summed E-state index contributed by atoms with van der Waals surface area (Å²) in [6.45, 7) is 12.5. The summed E-state index contributed by atoms with van der Waals surface area (Å²) in [5.41, 5.74) is 6.37. The predicted octanol–water partition coefficient (Wildman–Crippen LogP) is 4.60. The predicted molar refractivity (Wildman–Crippen MR) is 74.5 cm³/mol. The summed E-state index contributed by atoms with van der Waals surface area (Å²) in [5, 5.41) is 0. The third kappa shape index (κ3) is 5.89. The molecule has 1 atom stereocenters. The molecule has 0 aromatic heterocycles. The van der Waals surface area contributed by atoms with Crippen molar-refractivity contribution in [3.63, 3.8) is 0 Å². The molecule has 0 radical (unpaired) electrons. The van der Waals surface area contributed by atoms with E-state index in [0.717, 1.165) is 18.4 Å². The molecule has 0 heterocycles. The molecule has 0 spiro atoms. The van der Waals surface area contributed by atoms with E-state index in [9.17, 15) is 0 Å². The molecule has 1 heteroatoms. The molecule has 1 unspecified atom stereocenters. The van der Waals surface area contributed by atoms with Gasteiger partial charge in [-0.3, -0.25) is 0 Å². The third-order valence-corrected chi connectivity index (χ3v) is 4.19. The summed E-state index contributed by atoms with van der Waals surface area (Å²) in [7, 11) is 0. The fourth-order valence-electron chi connectivity index (χ4n) is 2.63. The number of hydrogen-bond donors (Lipinski definition) is 1. The van der Waals surface area contributed by atoms with Gasteiger partial charge in [-0.25, -0.2) is 0 Å². The summed E-state index contributed by atoms with van der Waals surface area (Å²) < 4.78 is 0. The fraction of sp³-hybridized carbons (Fsp3) is 1.00. The van der Waals surface area contributed by atoms with E-state index in [1.54, 1.807) is 0 Å². The largest absolute Gasteiger partial charge is 0.330 e. The van der Waals surface area contributed by atoms with E-state index in [-0.39, 0.29) is 0 Å². The van der Waals surface area contributed by atoms with Crippen molar-refractivity contribution in [2.45, 2.75) is 73.1 Å². The smallest absolute Gasteiger partial charge is 0.00206 e. The zero-order chi connectivity index (χ0) is 12.6. The molecule has 0 aromatic rings. The van der Waals surface area contributed by atoms with Crippen LogP contribution >= 0.6 is 0 Å². The Bertz CT molecular complexity index is 151. The first kappa shape index (κ1) is 16.0. The van der Waals surface area contributed by atoms with E-state index in [1.165, 1.54) is 38.5 Å². The number of rotatable bonds is 9. The van der Waals surface area contributed by atoms with Crippen LogP contribution in [0, 0.1) is 17.3 Å². The van der Waals surface area contributed by atoms with Crippen molar-refractivity contribution < 1.29 is 0 Å². The van der Waals surface area contributed by atoms with Crippen LogP contribution in [0.4, 0.5) is 0 Å². The quantitative estimate of drug-likeness (QED) is 0.612. The monoisotopic (exact) mass is 227 g/mol. The topological polar surface area (TPSA) is 26.0 Å². The lowest BCUT2D eigenvalue weighted by Crippen LogP contribution is -2.31. The van der Waals surface area contributed by atoms with E-state index < -0.39 is 0 Å². The van der Waals surface area contributed by atoms with E-state index in [1.807, 2.05) is 0 Å². The molecule has 2 N–H and O–H groups in total. The van der Waals surface area contributed by atoms with Crippen molar-refractivity contribution in [3.8, 4) is 0 Å². The molecule has 0 fully saturated rings. The Morgan fingerprint density at radius 2 is 1.56 bits per heavy atom. The van der Waals surface area contributed by atoms with Crippen molar-refractivity contribution in [1.29, 1.82) is 0 Å². The zero-order valence-electron chi connectivity index (χ0n) is 12.2. The molecule has 16 heavy (non-hydrogen) atoms. The molecular weight excluding hydrogens is 194 g/mol. The van der Waals surface area contributed by atoms with Crippen molar-refractivity contribution >= 4 is 0 Å². The van der Waals surface area contributed by atoms with Gasteiger partial charge in [-0.1, -0.05) is 53.9 Å². The summed E-state index contributed by atoms with van der Waals surface area (Å²) in [5.74, 6) is 1.69. The van der Waals surface area contributed by atoms with Gasteiger partial charge < -0.3 is 5.73 Å². The average Bonchev–Trinajstić information content (AvgIpc) is 2.25. The van der Waals surface area contributed by atoms with Gasteiger partial charge in [0.2, 0.25) is 0 Å². The Balaban J connectivity index is 3.95. The van der Waals surface area contributed by atoms with Gasteiger partial charge in [0, 0.05) is 0 Å². The summed E-state index contributed by atoms with van der Waals surface area (Å²) in [6, 6.07) is 0. The highest BCUT2D eigenvalue weighted by Gasteiger charge is 2.26. The highest BCUT2D eigenvalue weighted by molar-refractivity contribution is 4.79. The Morgan fingerprint density at radius 3 is 1.94 bits per heavy atom. The van der Waals surface area contributed by atoms with E-state index in [4.69, 9.17) is 5.73 Å². The fourth-order valence-corrected chi connectivity index (χ4v) is 2.63. The zero-order valence-corrected chi connectivity index (χ0v) is 12.2. The van der Waals surface area contributed by atoms with Crippen LogP contribution in [0.5, 0.6) is 0 Å². The van der Waals surface area contributed by atoms with E-state index in [0.29, 0.717) is 5.41 Å². The van der Waals surface area contributed by atoms with Crippen molar-refractivity contribution in [3.05, 3.63) is 0 Å². The van der Waals surface area contributed by atoms with Crippen molar-refractivity contribution in [2.75, 3.05) is 6.54 Å². The summed E-state index contributed by atoms with van der Waals surface area (Å²) in [4.78, 5) is 0. The first-order valence-corrected chi connectivity index (χ1v) is 7.19. The molecule has 1 nitrogen and oxygen atoms in total. The van der Waals surface area contributed by atoms with Gasteiger partial charge in [0.1, 0.15) is 0 Å². The maximum Gasteiger partial charge on any atom is -0.00206 e. The Hall–Kier alpha value is -0.0400. The second-order valence-electron chi connectivity index (χ2n) is 6.05. The maximum absolute atomic E-state index is 5.95. The van der Waals surface area contributed by atoms with Gasteiger partial charge in [-0.05, 0) is 43.1 Å². The van der Waals surface area contributed by atoms with Gasteiger partial charge in [0.05, 0.1) is 0 Å². The van der Waals surface area contributed by atoms with Crippen LogP contribution in [-0.4, -0.2) is 6.54 Å². The molecule has 98 valence electrons. The second kappa shape index (κ2) is 8.11. The van der Waals surface area contributed by atoms with Crippen molar-refractivity contribution in [2.24, 2.45) is 23.0 Å². The Labute approximate surface area is 103 Å². The van der Waals surface area contributed by atoms with Gasteiger partial charge in [-0.2, -0.15) is 0 Å². The normalized spacial score (nSPS) is 14.4. The SMILES string of the molecule is CCC(CC)(CN)CC(C)CCCC(C)C. The lowest BCUT2D eigenvalue weighted by Gasteiger charge is -2.33. The highest BCUT2D eigenvalue weighted by Crippen LogP contribution is 2.34. The molecule has 0 aromatic carbocycles. The highest BCUT2D eigenvalue weighted by atomic mass is 14.6. The lowest BCUT2D eigenvalue weighted by molar-refractivity contribution is 0.202. The van der Waals surface area contributed by atoms with Crippen LogP contribution in [0.3, 0.4) is 0 Å². The Kier molecular flexibility index (Phi) is 8.09. The maximum atomic E-state index is 5.95. The van der Waals surface area contributed by atoms with E-state index in [2.05, 4.69) is 34.6 Å². The average molecular weight is 227 g/mol. The third-order valence-electron chi connectivity index (χ3n) is 4.19. The molecule has 0 amide bonds. The summed E-state index contributed by atoms with van der Waals surface area (Å²) in [6.07, 6.45) is 7.91. The molecule has 0 saturated heterocycles. The van der Waals surface area contributed by atoms with Crippen LogP contribution in [0.1, 0.15) is 73.1 Å². The van der Waals surface area contributed by atoms with Gasteiger partial charge in [0.15, 0.2) is 0 Å². The minimum Gasteiger partial charge on any atom is -0.330 e. The van der Waals surface area contributed by atoms with Gasteiger partial charge >= 0.3 is 0 Å². The first-order chi connectivity index (χ1) is 7.49. The van der Waals surface area contributed by atoms with Crippen LogP contribution in [0.2, 0.25) is 0 Å². The number of hydrogen-bond acceptors (Lipinski definition) is 1. The Morgan fingerprint density at radius 1 is 1.00 bits per heavy atom. The van der Waals surface area contributed by atoms with Gasteiger partial charge in [0.25, 0.3) is 0 Å². The van der Waals surface area contributed by atoms with Gasteiger partial charge in [-0.15, -0.1) is 0 Å². The minimum atomic E-state index is 0.414. The molecule has 0 rings (SSSR count). The minimum absolute atomic E-state index is 0.414. The van der Waals surface area contributed by atoms with E-state index >= 15 is 0 Å². The molecular formula is C15H33N. The van der Waals surface area contributed by atoms with Crippen LogP contribution in [-0.2, 0) is 0 Å². The van der Waals surface area contributed by atoms with Crippen molar-refractivity contribution in [1.82, 2.24) is 0 Å². The molecule has 0 aliphatic rings. The second-order valence-corrected chi connectivity index (χ2v) is 6.05. The van der Waals surface area contributed by atoms with Crippen LogP contribution < -0.4 is 5.73 Å². The molecule has 0 bridgehead atoms. The molecule has 0 aliphatic carbocycles. The molecule has 0 saturated carbocycles. The molecule has 0 aliphatic heterocycles. The standard InChI is InChI=1S/C15H33N/c1-6-15(7-2,12-16)11-14(5)10-8-9-13(3)4/h13-14H,6-12,16H2,1-5H3. The van der Waals surface area contributed by atoms with Crippen LogP contribution in [0.25, 0.3) is 0 Å². The lowest BCUT2D eigenvalue weighted by atomic mass is 9.74. The first-order valence-electron chi connectivity index (χ1n) is 7.19. The van der Waals surface area contributed by atoms with Crippen LogP contribution in [0.15, 0.2) is 0 Å². The number of nitrogens with two attached hydrogens (primary N) is 1.